The first-order valence-electron chi connectivity index (χ1n) is 6.89. The molecule has 0 spiro atoms. The number of hydrogen-bond acceptors (Lipinski definition) is 4. The molecule has 0 bridgehead atoms. The molecule has 120 valence electrons. The molecule has 1 aliphatic rings. The van der Waals surface area contributed by atoms with Crippen molar-refractivity contribution >= 4 is 23.4 Å². The van der Waals surface area contributed by atoms with Crippen molar-refractivity contribution < 1.29 is 23.0 Å². The zero-order chi connectivity index (χ0) is 16.2. The van der Waals surface area contributed by atoms with E-state index in [2.05, 4.69) is 5.32 Å². The van der Waals surface area contributed by atoms with Crippen molar-refractivity contribution in [2.75, 3.05) is 24.3 Å². The van der Waals surface area contributed by atoms with Crippen LogP contribution in [0.1, 0.15) is 0 Å². The molecule has 2 aromatic carbocycles. The molecule has 3 rings (SSSR count). The SMILES string of the molecule is O=C(CSc1ccc2c(c1)OCCO2)Nc1ccc(F)c(F)c1. The second-order valence-electron chi connectivity index (χ2n) is 4.77. The lowest BCUT2D eigenvalue weighted by Gasteiger charge is -2.18. The Labute approximate surface area is 135 Å². The van der Waals surface area contributed by atoms with E-state index in [9.17, 15) is 13.6 Å². The van der Waals surface area contributed by atoms with Crippen LogP contribution < -0.4 is 14.8 Å². The standard InChI is InChI=1S/C16H13F2NO3S/c17-12-3-1-10(7-13(12)18)19-16(20)9-23-11-2-4-14-15(8-11)22-6-5-21-14/h1-4,7-8H,5-6,9H2,(H,19,20). The number of rotatable bonds is 4. The Hall–Kier alpha value is -2.28. The van der Waals surface area contributed by atoms with Crippen LogP contribution >= 0.6 is 11.8 Å². The maximum Gasteiger partial charge on any atom is 0.234 e. The number of nitrogens with one attached hydrogen (secondary N) is 1. The molecule has 23 heavy (non-hydrogen) atoms. The van der Waals surface area contributed by atoms with Gasteiger partial charge in [0.2, 0.25) is 5.91 Å². The highest BCUT2D eigenvalue weighted by molar-refractivity contribution is 8.00. The van der Waals surface area contributed by atoms with Crippen LogP contribution in [-0.4, -0.2) is 24.9 Å². The van der Waals surface area contributed by atoms with Crippen molar-refractivity contribution in [2.45, 2.75) is 4.90 Å². The molecule has 0 saturated carbocycles. The van der Waals surface area contributed by atoms with Gasteiger partial charge in [-0.15, -0.1) is 11.8 Å². The zero-order valence-corrected chi connectivity index (χ0v) is 12.8. The lowest BCUT2D eigenvalue weighted by atomic mass is 10.3. The van der Waals surface area contributed by atoms with Gasteiger partial charge in [-0.2, -0.15) is 0 Å². The molecule has 4 nitrogen and oxygen atoms in total. The van der Waals surface area contributed by atoms with Gasteiger partial charge in [-0.05, 0) is 30.3 Å². The van der Waals surface area contributed by atoms with E-state index in [0.717, 1.165) is 17.0 Å². The van der Waals surface area contributed by atoms with Crippen molar-refractivity contribution in [3.63, 3.8) is 0 Å². The largest absolute Gasteiger partial charge is 0.486 e. The van der Waals surface area contributed by atoms with Gasteiger partial charge in [0.1, 0.15) is 13.2 Å². The van der Waals surface area contributed by atoms with Crippen LogP contribution in [-0.2, 0) is 4.79 Å². The maximum absolute atomic E-state index is 13.1. The number of carbonyl (C=O) groups is 1. The highest BCUT2D eigenvalue weighted by Gasteiger charge is 2.13. The third kappa shape index (κ3) is 3.92. The third-order valence-corrected chi connectivity index (χ3v) is 4.08. The summed E-state index contributed by atoms with van der Waals surface area (Å²) in [5.74, 6) is -0.778. The molecule has 0 unspecified atom stereocenters. The average Bonchev–Trinajstić information content (AvgIpc) is 2.56. The first kappa shape index (κ1) is 15.6. The number of fused-ring (bicyclic) bond motifs is 1. The van der Waals surface area contributed by atoms with Gasteiger partial charge in [-0.25, -0.2) is 8.78 Å². The Balaban J connectivity index is 1.57. The number of thioether (sulfide) groups is 1. The fraction of sp³-hybridized carbons (Fsp3) is 0.188. The minimum Gasteiger partial charge on any atom is -0.486 e. The lowest BCUT2D eigenvalue weighted by Crippen LogP contribution is -2.15. The Kier molecular flexibility index (Phi) is 4.66. The summed E-state index contributed by atoms with van der Waals surface area (Å²) in [6, 6.07) is 8.67. The van der Waals surface area contributed by atoms with Crippen LogP contribution in [0.25, 0.3) is 0 Å². The molecule has 0 saturated heterocycles. The van der Waals surface area contributed by atoms with E-state index in [-0.39, 0.29) is 17.3 Å². The minimum absolute atomic E-state index is 0.138. The van der Waals surface area contributed by atoms with Crippen LogP contribution in [0.2, 0.25) is 0 Å². The van der Waals surface area contributed by atoms with Crippen molar-refractivity contribution in [3.05, 3.63) is 48.0 Å². The van der Waals surface area contributed by atoms with Gasteiger partial charge < -0.3 is 14.8 Å². The summed E-state index contributed by atoms with van der Waals surface area (Å²) in [5, 5.41) is 2.52. The highest BCUT2D eigenvalue weighted by atomic mass is 32.2. The third-order valence-electron chi connectivity index (χ3n) is 3.09. The number of halogens is 2. The number of benzene rings is 2. The number of carbonyl (C=O) groups excluding carboxylic acids is 1. The first-order chi connectivity index (χ1) is 11.1. The summed E-state index contributed by atoms with van der Waals surface area (Å²) in [5.41, 5.74) is 0.219. The van der Waals surface area contributed by atoms with E-state index in [1.807, 2.05) is 12.1 Å². The predicted octanol–water partition coefficient (Wildman–Crippen LogP) is 3.47. The van der Waals surface area contributed by atoms with Gasteiger partial charge in [0, 0.05) is 16.6 Å². The molecule has 7 heteroatoms. The van der Waals surface area contributed by atoms with Crippen molar-refractivity contribution in [1.82, 2.24) is 0 Å². The topological polar surface area (TPSA) is 47.6 Å². The zero-order valence-electron chi connectivity index (χ0n) is 12.0. The lowest BCUT2D eigenvalue weighted by molar-refractivity contribution is -0.113. The van der Waals surface area contributed by atoms with Gasteiger partial charge in [0.05, 0.1) is 5.75 Å². The summed E-state index contributed by atoms with van der Waals surface area (Å²) in [7, 11) is 0. The van der Waals surface area contributed by atoms with Gasteiger partial charge in [-0.1, -0.05) is 0 Å². The Bertz CT molecular complexity index is 739. The van der Waals surface area contributed by atoms with E-state index in [4.69, 9.17) is 9.47 Å². The average molecular weight is 337 g/mol. The molecular formula is C16H13F2NO3S. The molecule has 1 aliphatic heterocycles. The molecule has 1 amide bonds. The second kappa shape index (κ2) is 6.87. The van der Waals surface area contributed by atoms with Gasteiger partial charge in [0.15, 0.2) is 23.1 Å². The molecule has 0 radical (unpaired) electrons. The first-order valence-corrected chi connectivity index (χ1v) is 7.88. The second-order valence-corrected chi connectivity index (χ2v) is 5.82. The molecule has 0 atom stereocenters. The van der Waals surface area contributed by atoms with Crippen LogP contribution in [0.4, 0.5) is 14.5 Å². The Morgan fingerprint density at radius 3 is 2.61 bits per heavy atom. The van der Waals surface area contributed by atoms with Crippen molar-refractivity contribution in [3.8, 4) is 11.5 Å². The van der Waals surface area contributed by atoms with E-state index < -0.39 is 11.6 Å². The quantitative estimate of drug-likeness (QED) is 0.868. The van der Waals surface area contributed by atoms with Crippen LogP contribution in [0.15, 0.2) is 41.3 Å². The molecule has 1 N–H and O–H groups in total. The Morgan fingerprint density at radius 1 is 1.04 bits per heavy atom. The highest BCUT2D eigenvalue weighted by Crippen LogP contribution is 2.34. The molecule has 0 aliphatic carbocycles. The Morgan fingerprint density at radius 2 is 1.83 bits per heavy atom. The van der Waals surface area contributed by atoms with E-state index in [0.29, 0.717) is 24.7 Å². The summed E-state index contributed by atoms with van der Waals surface area (Å²) >= 11 is 1.31. The maximum atomic E-state index is 13.1. The normalized spacial score (nSPS) is 12.8. The summed E-state index contributed by atoms with van der Waals surface area (Å²) < 4.78 is 36.8. The smallest absolute Gasteiger partial charge is 0.234 e. The van der Waals surface area contributed by atoms with Gasteiger partial charge in [0.25, 0.3) is 0 Å². The molecule has 0 aromatic heterocycles. The van der Waals surface area contributed by atoms with Crippen LogP contribution in [0.5, 0.6) is 11.5 Å². The number of anilines is 1. The molecule has 1 heterocycles. The molecular weight excluding hydrogens is 324 g/mol. The fourth-order valence-electron chi connectivity index (χ4n) is 2.03. The summed E-state index contributed by atoms with van der Waals surface area (Å²) in [4.78, 5) is 12.7. The van der Waals surface area contributed by atoms with Crippen LogP contribution in [0.3, 0.4) is 0 Å². The molecule has 2 aromatic rings. The van der Waals surface area contributed by atoms with E-state index in [1.54, 1.807) is 6.07 Å². The van der Waals surface area contributed by atoms with Gasteiger partial charge >= 0.3 is 0 Å². The monoisotopic (exact) mass is 337 g/mol. The summed E-state index contributed by atoms with van der Waals surface area (Å²) in [6.07, 6.45) is 0. The minimum atomic E-state index is -0.998. The number of amides is 1. The summed E-state index contributed by atoms with van der Waals surface area (Å²) in [6.45, 7) is 1.02. The number of ether oxygens (including phenoxy) is 2. The van der Waals surface area contributed by atoms with Crippen LogP contribution in [0, 0.1) is 11.6 Å². The molecule has 0 fully saturated rings. The van der Waals surface area contributed by atoms with E-state index in [1.165, 1.54) is 17.8 Å². The fourth-order valence-corrected chi connectivity index (χ4v) is 2.76. The van der Waals surface area contributed by atoms with E-state index >= 15 is 0 Å². The van der Waals surface area contributed by atoms with Crippen molar-refractivity contribution in [2.24, 2.45) is 0 Å². The van der Waals surface area contributed by atoms with Gasteiger partial charge in [-0.3, -0.25) is 4.79 Å². The van der Waals surface area contributed by atoms with Crippen molar-refractivity contribution in [1.29, 1.82) is 0 Å². The predicted molar refractivity (Wildman–Crippen MR) is 83.1 cm³/mol. The number of hydrogen-bond donors (Lipinski definition) is 1.